The molecule has 0 saturated carbocycles. The van der Waals surface area contributed by atoms with Gasteiger partial charge < -0.3 is 16.0 Å². The van der Waals surface area contributed by atoms with Gasteiger partial charge in [-0.15, -0.1) is 0 Å². The third-order valence-corrected chi connectivity index (χ3v) is 3.45. The smallest absolute Gasteiger partial charge is 0.247 e. The van der Waals surface area contributed by atoms with E-state index in [0.717, 1.165) is 18.7 Å². The zero-order valence-corrected chi connectivity index (χ0v) is 11.7. The van der Waals surface area contributed by atoms with Crippen molar-refractivity contribution in [1.29, 1.82) is 0 Å². The van der Waals surface area contributed by atoms with Gasteiger partial charge in [0.1, 0.15) is 6.04 Å². The molecular formula is C15H21N3O2. The molecule has 1 fully saturated rings. The molecule has 2 rings (SSSR count). The number of carbonyl (C=O) groups is 2. The van der Waals surface area contributed by atoms with Crippen LogP contribution in [0, 0.1) is 5.92 Å². The van der Waals surface area contributed by atoms with E-state index in [-0.39, 0.29) is 11.8 Å². The Balaban J connectivity index is 2.00. The summed E-state index contributed by atoms with van der Waals surface area (Å²) in [6, 6.07) is 8.71. The Kier molecular flexibility index (Phi) is 5.12. The molecule has 1 heterocycles. The Morgan fingerprint density at radius 1 is 1.30 bits per heavy atom. The first-order valence-electron chi connectivity index (χ1n) is 7.03. The Bertz CT molecular complexity index is 457. The predicted molar refractivity (Wildman–Crippen MR) is 77.0 cm³/mol. The van der Waals surface area contributed by atoms with E-state index in [2.05, 4.69) is 16.0 Å². The van der Waals surface area contributed by atoms with Gasteiger partial charge in [0.25, 0.3) is 0 Å². The summed E-state index contributed by atoms with van der Waals surface area (Å²) in [7, 11) is 0. The predicted octanol–water partition coefficient (Wildman–Crippen LogP) is 0.590. The number of hydrogen-bond acceptors (Lipinski definition) is 3. The molecule has 1 unspecified atom stereocenters. The molecule has 0 aromatic heterocycles. The Morgan fingerprint density at radius 3 is 2.55 bits per heavy atom. The zero-order valence-electron chi connectivity index (χ0n) is 11.7. The summed E-state index contributed by atoms with van der Waals surface area (Å²) in [5, 5.41) is 8.86. The first kappa shape index (κ1) is 14.5. The van der Waals surface area contributed by atoms with E-state index < -0.39 is 6.04 Å². The van der Waals surface area contributed by atoms with Crippen LogP contribution in [0.1, 0.15) is 24.9 Å². The van der Waals surface area contributed by atoms with Crippen LogP contribution in [-0.4, -0.2) is 31.4 Å². The second kappa shape index (κ2) is 7.05. The summed E-state index contributed by atoms with van der Waals surface area (Å²) >= 11 is 0. The highest BCUT2D eigenvalue weighted by Crippen LogP contribution is 2.13. The van der Waals surface area contributed by atoms with Gasteiger partial charge in [0.2, 0.25) is 11.8 Å². The van der Waals surface area contributed by atoms with Crippen LogP contribution in [0.3, 0.4) is 0 Å². The molecule has 1 atom stereocenters. The molecule has 5 heteroatoms. The molecule has 1 aliphatic rings. The van der Waals surface area contributed by atoms with Crippen LogP contribution in [0.5, 0.6) is 0 Å². The highest BCUT2D eigenvalue weighted by atomic mass is 16.2. The first-order chi connectivity index (χ1) is 9.70. The summed E-state index contributed by atoms with van der Waals surface area (Å²) in [5.74, 6) is 0.224. The molecule has 5 nitrogen and oxygen atoms in total. The SMILES string of the molecule is CCC(=O)NC(C(=O)NCC1CNC1)c1ccccc1. The Labute approximate surface area is 119 Å². The third kappa shape index (κ3) is 3.81. The summed E-state index contributed by atoms with van der Waals surface area (Å²) in [5.41, 5.74) is 0.804. The van der Waals surface area contributed by atoms with Gasteiger partial charge in [-0.25, -0.2) is 0 Å². The monoisotopic (exact) mass is 275 g/mol. The Morgan fingerprint density at radius 2 is 2.00 bits per heavy atom. The maximum Gasteiger partial charge on any atom is 0.247 e. The lowest BCUT2D eigenvalue weighted by Gasteiger charge is -2.28. The van der Waals surface area contributed by atoms with E-state index in [4.69, 9.17) is 0 Å². The van der Waals surface area contributed by atoms with E-state index in [1.54, 1.807) is 6.92 Å². The lowest BCUT2D eigenvalue weighted by atomic mass is 10.0. The normalized spacial score (nSPS) is 16.1. The minimum atomic E-state index is -0.614. The molecule has 0 aliphatic carbocycles. The molecule has 1 aliphatic heterocycles. The van der Waals surface area contributed by atoms with Crippen molar-refractivity contribution in [3.63, 3.8) is 0 Å². The van der Waals surface area contributed by atoms with Gasteiger partial charge in [-0.1, -0.05) is 37.3 Å². The van der Waals surface area contributed by atoms with Gasteiger partial charge >= 0.3 is 0 Å². The maximum absolute atomic E-state index is 12.3. The molecule has 2 amide bonds. The second-order valence-electron chi connectivity index (χ2n) is 5.03. The summed E-state index contributed by atoms with van der Waals surface area (Å²) in [6.07, 6.45) is 0.364. The van der Waals surface area contributed by atoms with Gasteiger partial charge in [-0.05, 0) is 5.56 Å². The summed E-state index contributed by atoms with van der Waals surface area (Å²) in [4.78, 5) is 23.9. The second-order valence-corrected chi connectivity index (χ2v) is 5.03. The highest BCUT2D eigenvalue weighted by molar-refractivity contribution is 5.88. The Hall–Kier alpha value is -1.88. The topological polar surface area (TPSA) is 70.2 Å². The molecule has 0 spiro atoms. The molecule has 1 aromatic carbocycles. The van der Waals surface area contributed by atoms with Crippen molar-refractivity contribution in [1.82, 2.24) is 16.0 Å². The molecule has 108 valence electrons. The number of nitrogens with one attached hydrogen (secondary N) is 3. The third-order valence-electron chi connectivity index (χ3n) is 3.45. The number of amides is 2. The zero-order chi connectivity index (χ0) is 14.4. The average Bonchev–Trinajstić information content (AvgIpc) is 2.43. The molecule has 0 radical (unpaired) electrons. The van der Waals surface area contributed by atoms with Crippen molar-refractivity contribution < 1.29 is 9.59 Å². The van der Waals surface area contributed by atoms with Crippen molar-refractivity contribution in [3.05, 3.63) is 35.9 Å². The van der Waals surface area contributed by atoms with Crippen LogP contribution in [-0.2, 0) is 9.59 Å². The van der Waals surface area contributed by atoms with Crippen molar-refractivity contribution in [2.24, 2.45) is 5.92 Å². The van der Waals surface area contributed by atoms with Crippen LogP contribution < -0.4 is 16.0 Å². The number of carbonyl (C=O) groups excluding carboxylic acids is 2. The maximum atomic E-state index is 12.3. The van der Waals surface area contributed by atoms with E-state index in [1.165, 1.54) is 0 Å². The summed E-state index contributed by atoms with van der Waals surface area (Å²) < 4.78 is 0. The van der Waals surface area contributed by atoms with Gasteiger partial charge in [0.05, 0.1) is 0 Å². The molecule has 3 N–H and O–H groups in total. The van der Waals surface area contributed by atoms with Crippen LogP contribution in [0.25, 0.3) is 0 Å². The van der Waals surface area contributed by atoms with Crippen molar-refractivity contribution in [2.45, 2.75) is 19.4 Å². The van der Waals surface area contributed by atoms with E-state index in [9.17, 15) is 9.59 Å². The van der Waals surface area contributed by atoms with Gasteiger partial charge in [0, 0.05) is 32.0 Å². The molecule has 0 bridgehead atoms. The quantitative estimate of drug-likeness (QED) is 0.711. The van der Waals surface area contributed by atoms with E-state index in [1.807, 2.05) is 30.3 Å². The van der Waals surface area contributed by atoms with Crippen molar-refractivity contribution in [3.8, 4) is 0 Å². The van der Waals surface area contributed by atoms with E-state index in [0.29, 0.717) is 18.9 Å². The van der Waals surface area contributed by atoms with E-state index >= 15 is 0 Å². The standard InChI is InChI=1S/C15H21N3O2/c1-2-13(19)18-14(12-6-4-3-5-7-12)15(20)17-10-11-8-16-9-11/h3-7,11,14,16H,2,8-10H2,1H3,(H,17,20)(H,18,19). The highest BCUT2D eigenvalue weighted by Gasteiger charge is 2.24. The fraction of sp³-hybridized carbons (Fsp3) is 0.467. The lowest BCUT2D eigenvalue weighted by molar-refractivity contribution is -0.129. The summed E-state index contributed by atoms with van der Waals surface area (Å²) in [6.45, 7) is 4.31. The fourth-order valence-corrected chi connectivity index (χ4v) is 2.05. The minimum absolute atomic E-state index is 0.126. The fourth-order valence-electron chi connectivity index (χ4n) is 2.05. The number of benzene rings is 1. The number of rotatable bonds is 6. The molecule has 1 aromatic rings. The van der Waals surface area contributed by atoms with Gasteiger partial charge in [-0.3, -0.25) is 9.59 Å². The first-order valence-corrected chi connectivity index (χ1v) is 7.03. The molecule has 20 heavy (non-hydrogen) atoms. The average molecular weight is 275 g/mol. The van der Waals surface area contributed by atoms with Crippen molar-refractivity contribution >= 4 is 11.8 Å². The number of hydrogen-bond donors (Lipinski definition) is 3. The lowest BCUT2D eigenvalue weighted by Crippen LogP contribution is -2.50. The molecule has 1 saturated heterocycles. The molecular weight excluding hydrogens is 254 g/mol. The van der Waals surface area contributed by atoms with Crippen LogP contribution >= 0.6 is 0 Å². The van der Waals surface area contributed by atoms with Gasteiger partial charge in [-0.2, -0.15) is 0 Å². The van der Waals surface area contributed by atoms with Crippen LogP contribution in [0.4, 0.5) is 0 Å². The van der Waals surface area contributed by atoms with Crippen LogP contribution in [0.2, 0.25) is 0 Å². The van der Waals surface area contributed by atoms with Gasteiger partial charge in [0.15, 0.2) is 0 Å². The van der Waals surface area contributed by atoms with Crippen molar-refractivity contribution in [2.75, 3.05) is 19.6 Å². The largest absolute Gasteiger partial charge is 0.354 e. The minimum Gasteiger partial charge on any atom is -0.354 e. The van der Waals surface area contributed by atoms with Crippen LogP contribution in [0.15, 0.2) is 30.3 Å².